The summed E-state index contributed by atoms with van der Waals surface area (Å²) in [4.78, 5) is 15.1. The van der Waals surface area contributed by atoms with Gasteiger partial charge in [-0.05, 0) is 6.07 Å². The predicted molar refractivity (Wildman–Crippen MR) is 55.6 cm³/mol. The van der Waals surface area contributed by atoms with Gasteiger partial charge in [0.1, 0.15) is 0 Å². The zero-order chi connectivity index (χ0) is 10.5. The van der Waals surface area contributed by atoms with Gasteiger partial charge in [0, 0.05) is 24.2 Å². The largest absolute Gasteiger partial charge is 0.359 e. The summed E-state index contributed by atoms with van der Waals surface area (Å²) in [5.41, 5.74) is 0.811. The molecule has 2 heterocycles. The first-order valence-electron chi connectivity index (χ1n) is 4.41. The van der Waals surface area contributed by atoms with Gasteiger partial charge >= 0.3 is 6.03 Å². The summed E-state index contributed by atoms with van der Waals surface area (Å²) in [6.07, 6.45) is 6.41. The molecule has 0 saturated carbocycles. The standard InChI is InChI=1S/C9H9N5O/c15-9-11-4-5-12-14(9)13-7-8-2-1-3-10-6-8/h1-3,5-7H,4H2,(H,11,15). The van der Waals surface area contributed by atoms with Crippen molar-refractivity contribution in [3.63, 3.8) is 0 Å². The average Bonchev–Trinajstić information content (AvgIpc) is 2.29. The molecule has 2 amide bonds. The third kappa shape index (κ3) is 2.37. The summed E-state index contributed by atoms with van der Waals surface area (Å²) in [5.74, 6) is 0. The molecule has 0 aliphatic carbocycles. The molecule has 0 atom stereocenters. The Labute approximate surface area is 86.3 Å². The van der Waals surface area contributed by atoms with Crippen LogP contribution in [0, 0.1) is 0 Å². The minimum Gasteiger partial charge on any atom is -0.330 e. The summed E-state index contributed by atoms with van der Waals surface area (Å²) in [6.45, 7) is 0.442. The maximum absolute atomic E-state index is 11.2. The Morgan fingerprint density at radius 3 is 3.27 bits per heavy atom. The lowest BCUT2D eigenvalue weighted by atomic mass is 10.3. The van der Waals surface area contributed by atoms with Crippen molar-refractivity contribution in [1.82, 2.24) is 15.4 Å². The molecule has 0 spiro atoms. The number of pyridine rings is 1. The number of aromatic nitrogens is 1. The first-order valence-corrected chi connectivity index (χ1v) is 4.41. The molecule has 0 unspecified atom stereocenters. The van der Waals surface area contributed by atoms with E-state index in [4.69, 9.17) is 0 Å². The summed E-state index contributed by atoms with van der Waals surface area (Å²) in [7, 11) is 0. The Morgan fingerprint density at radius 1 is 1.60 bits per heavy atom. The van der Waals surface area contributed by atoms with E-state index < -0.39 is 0 Å². The molecular weight excluding hydrogens is 194 g/mol. The maximum atomic E-state index is 11.2. The van der Waals surface area contributed by atoms with E-state index in [2.05, 4.69) is 20.5 Å². The monoisotopic (exact) mass is 203 g/mol. The smallest absolute Gasteiger partial charge is 0.330 e. The van der Waals surface area contributed by atoms with E-state index >= 15 is 0 Å². The molecule has 0 fully saturated rings. The van der Waals surface area contributed by atoms with Crippen LogP contribution in [0.15, 0.2) is 34.7 Å². The molecule has 2 rings (SSSR count). The molecule has 76 valence electrons. The summed E-state index contributed by atoms with van der Waals surface area (Å²) < 4.78 is 0. The normalized spacial score (nSPS) is 15.7. The van der Waals surface area contributed by atoms with Gasteiger partial charge in [0.2, 0.25) is 0 Å². The minimum atomic E-state index is -0.336. The van der Waals surface area contributed by atoms with Crippen molar-refractivity contribution < 1.29 is 4.79 Å². The van der Waals surface area contributed by atoms with Gasteiger partial charge in [-0.15, -0.1) is 0 Å². The number of hydrogen-bond donors (Lipinski definition) is 1. The summed E-state index contributed by atoms with van der Waals surface area (Å²) in [6, 6.07) is 3.29. The average molecular weight is 203 g/mol. The predicted octanol–water partition coefficient (Wildman–Crippen LogP) is 0.427. The van der Waals surface area contributed by atoms with Crippen molar-refractivity contribution in [2.75, 3.05) is 6.54 Å². The van der Waals surface area contributed by atoms with E-state index in [0.717, 1.165) is 10.7 Å². The quantitative estimate of drug-likeness (QED) is 0.708. The maximum Gasteiger partial charge on any atom is 0.359 e. The first kappa shape index (κ1) is 9.32. The van der Waals surface area contributed by atoms with Crippen LogP contribution < -0.4 is 5.32 Å². The van der Waals surface area contributed by atoms with E-state index in [1.165, 1.54) is 6.21 Å². The number of rotatable bonds is 2. The number of nitrogens with zero attached hydrogens (tertiary/aromatic N) is 4. The number of nitrogens with one attached hydrogen (secondary N) is 1. The highest BCUT2D eigenvalue weighted by atomic mass is 16.2. The zero-order valence-electron chi connectivity index (χ0n) is 7.87. The molecule has 1 N–H and O–H groups in total. The Balaban J connectivity index is 2.08. The molecule has 1 aromatic rings. The van der Waals surface area contributed by atoms with Gasteiger partial charge in [-0.2, -0.15) is 10.2 Å². The van der Waals surface area contributed by atoms with Crippen LogP contribution >= 0.6 is 0 Å². The van der Waals surface area contributed by atoms with Crippen LogP contribution in [0.1, 0.15) is 5.56 Å². The molecule has 1 aromatic heterocycles. The summed E-state index contributed by atoms with van der Waals surface area (Å²) in [5, 5.41) is 11.3. The van der Waals surface area contributed by atoms with Crippen molar-refractivity contribution in [1.29, 1.82) is 0 Å². The zero-order valence-corrected chi connectivity index (χ0v) is 7.87. The fourth-order valence-corrected chi connectivity index (χ4v) is 1.03. The molecule has 0 saturated heterocycles. The van der Waals surface area contributed by atoms with Crippen molar-refractivity contribution >= 4 is 18.5 Å². The lowest BCUT2D eigenvalue weighted by molar-refractivity contribution is 0.201. The van der Waals surface area contributed by atoms with E-state index in [1.54, 1.807) is 24.7 Å². The van der Waals surface area contributed by atoms with Gasteiger partial charge in [-0.25, -0.2) is 4.79 Å². The number of urea groups is 1. The van der Waals surface area contributed by atoms with Crippen molar-refractivity contribution in [3.8, 4) is 0 Å². The number of carbonyl (C=O) groups is 1. The van der Waals surface area contributed by atoms with Crippen LogP contribution in [0.3, 0.4) is 0 Å². The Kier molecular flexibility index (Phi) is 2.68. The van der Waals surface area contributed by atoms with E-state index in [9.17, 15) is 4.79 Å². The fraction of sp³-hybridized carbons (Fsp3) is 0.111. The fourth-order valence-electron chi connectivity index (χ4n) is 1.03. The molecule has 15 heavy (non-hydrogen) atoms. The second-order valence-electron chi connectivity index (χ2n) is 2.80. The lowest BCUT2D eigenvalue weighted by Gasteiger charge is -2.14. The molecule has 0 radical (unpaired) electrons. The number of hydrogen-bond acceptors (Lipinski definition) is 4. The Bertz CT molecular complexity index is 400. The third-order valence-electron chi connectivity index (χ3n) is 1.72. The first-order chi connectivity index (χ1) is 7.36. The van der Waals surface area contributed by atoms with Gasteiger partial charge in [-0.3, -0.25) is 4.98 Å². The molecule has 0 bridgehead atoms. The van der Waals surface area contributed by atoms with Crippen LogP contribution in [0.2, 0.25) is 0 Å². The van der Waals surface area contributed by atoms with Crippen molar-refractivity contribution in [3.05, 3.63) is 30.1 Å². The molecule has 0 aromatic carbocycles. The van der Waals surface area contributed by atoms with Crippen molar-refractivity contribution in [2.45, 2.75) is 0 Å². The van der Waals surface area contributed by atoms with Crippen LogP contribution in [0.5, 0.6) is 0 Å². The van der Waals surface area contributed by atoms with E-state index in [-0.39, 0.29) is 6.03 Å². The second-order valence-corrected chi connectivity index (χ2v) is 2.80. The van der Waals surface area contributed by atoms with E-state index in [1.807, 2.05) is 6.07 Å². The molecule has 6 nitrogen and oxygen atoms in total. The highest BCUT2D eigenvalue weighted by molar-refractivity contribution is 5.84. The van der Waals surface area contributed by atoms with Crippen LogP contribution in [-0.2, 0) is 0 Å². The number of amides is 2. The summed E-state index contributed by atoms with van der Waals surface area (Å²) >= 11 is 0. The lowest BCUT2D eigenvalue weighted by Crippen LogP contribution is -2.38. The van der Waals surface area contributed by atoms with Gasteiger partial charge in [0.15, 0.2) is 0 Å². The van der Waals surface area contributed by atoms with Crippen LogP contribution in [0.25, 0.3) is 0 Å². The third-order valence-corrected chi connectivity index (χ3v) is 1.72. The van der Waals surface area contributed by atoms with Gasteiger partial charge in [0.25, 0.3) is 0 Å². The topological polar surface area (TPSA) is 70.0 Å². The van der Waals surface area contributed by atoms with Gasteiger partial charge < -0.3 is 5.32 Å². The second kappa shape index (κ2) is 4.32. The van der Waals surface area contributed by atoms with E-state index in [0.29, 0.717) is 6.54 Å². The number of carbonyl (C=O) groups excluding carboxylic acids is 1. The highest BCUT2D eigenvalue weighted by Crippen LogP contribution is 1.97. The molecule has 6 heteroatoms. The molecular formula is C9H9N5O. The SMILES string of the molecule is O=C1NCC=NN1N=Cc1cccnc1. The van der Waals surface area contributed by atoms with Gasteiger partial charge in [0.05, 0.1) is 12.8 Å². The highest BCUT2D eigenvalue weighted by Gasteiger charge is 2.12. The van der Waals surface area contributed by atoms with Crippen molar-refractivity contribution in [2.24, 2.45) is 10.2 Å². The van der Waals surface area contributed by atoms with Crippen LogP contribution in [0.4, 0.5) is 4.79 Å². The van der Waals surface area contributed by atoms with Crippen LogP contribution in [-0.4, -0.2) is 35.1 Å². The van der Waals surface area contributed by atoms with Gasteiger partial charge in [-0.1, -0.05) is 11.2 Å². The Hall–Kier alpha value is -2.24. The molecule has 1 aliphatic heterocycles. The Morgan fingerprint density at radius 2 is 2.53 bits per heavy atom. The number of hydrazone groups is 2. The minimum absolute atomic E-state index is 0.336. The molecule has 1 aliphatic rings.